The van der Waals surface area contributed by atoms with Crippen LogP contribution in [0.2, 0.25) is 0 Å². The standard InChI is InChI=1S/C15H22N2O4/c1-5-9-15(2,13(18)21-4)17-14(19)16-11-7-6-8-12(10-11)20-3/h6-8,10H,5,9H2,1-4H3,(H2,16,17,19). The molecule has 2 N–H and O–H groups in total. The minimum Gasteiger partial charge on any atom is -0.497 e. The zero-order valence-corrected chi connectivity index (χ0v) is 12.9. The summed E-state index contributed by atoms with van der Waals surface area (Å²) in [4.78, 5) is 23.9. The second-order valence-corrected chi connectivity index (χ2v) is 4.88. The fourth-order valence-electron chi connectivity index (χ4n) is 2.05. The van der Waals surface area contributed by atoms with E-state index in [0.717, 1.165) is 6.42 Å². The van der Waals surface area contributed by atoms with Crippen LogP contribution in [0.5, 0.6) is 5.75 Å². The molecule has 21 heavy (non-hydrogen) atoms. The van der Waals surface area contributed by atoms with Crippen molar-refractivity contribution in [2.75, 3.05) is 19.5 Å². The Morgan fingerprint density at radius 3 is 2.57 bits per heavy atom. The maximum absolute atomic E-state index is 12.1. The Hall–Kier alpha value is -2.24. The van der Waals surface area contributed by atoms with Gasteiger partial charge in [0.2, 0.25) is 0 Å². The molecule has 1 atom stereocenters. The second-order valence-electron chi connectivity index (χ2n) is 4.88. The summed E-state index contributed by atoms with van der Waals surface area (Å²) in [6, 6.07) is 6.50. The van der Waals surface area contributed by atoms with E-state index in [9.17, 15) is 9.59 Å². The smallest absolute Gasteiger partial charge is 0.331 e. The van der Waals surface area contributed by atoms with Crippen molar-refractivity contribution in [2.45, 2.75) is 32.2 Å². The van der Waals surface area contributed by atoms with Crippen LogP contribution in [0.4, 0.5) is 10.5 Å². The topological polar surface area (TPSA) is 76.7 Å². The molecule has 0 aliphatic heterocycles. The molecular weight excluding hydrogens is 272 g/mol. The molecule has 6 heteroatoms. The summed E-state index contributed by atoms with van der Waals surface area (Å²) in [5.41, 5.74) is -0.470. The van der Waals surface area contributed by atoms with Crippen molar-refractivity contribution in [2.24, 2.45) is 0 Å². The lowest BCUT2D eigenvalue weighted by Crippen LogP contribution is -2.54. The Labute approximate surface area is 124 Å². The van der Waals surface area contributed by atoms with Gasteiger partial charge in [0.25, 0.3) is 0 Å². The summed E-state index contributed by atoms with van der Waals surface area (Å²) < 4.78 is 9.84. The van der Waals surface area contributed by atoms with Crippen molar-refractivity contribution in [3.05, 3.63) is 24.3 Å². The van der Waals surface area contributed by atoms with Gasteiger partial charge in [0.15, 0.2) is 0 Å². The molecule has 6 nitrogen and oxygen atoms in total. The Balaban J connectivity index is 2.76. The van der Waals surface area contributed by atoms with E-state index in [1.807, 2.05) is 6.92 Å². The zero-order chi connectivity index (χ0) is 15.9. The Kier molecular flexibility index (Phi) is 6.02. The molecule has 2 amide bonds. The lowest BCUT2D eigenvalue weighted by molar-refractivity contribution is -0.147. The predicted octanol–water partition coefficient (Wildman–Crippen LogP) is 2.55. The van der Waals surface area contributed by atoms with Crippen molar-refractivity contribution >= 4 is 17.7 Å². The summed E-state index contributed by atoms with van der Waals surface area (Å²) >= 11 is 0. The first-order chi connectivity index (χ1) is 9.95. The molecule has 0 radical (unpaired) electrons. The maximum Gasteiger partial charge on any atom is 0.331 e. The van der Waals surface area contributed by atoms with Crippen LogP contribution in [0.15, 0.2) is 24.3 Å². The molecule has 0 aliphatic rings. The number of benzene rings is 1. The number of methoxy groups -OCH3 is 2. The number of carbonyl (C=O) groups is 2. The molecule has 1 rings (SSSR count). The van der Waals surface area contributed by atoms with E-state index in [1.165, 1.54) is 7.11 Å². The summed E-state index contributed by atoms with van der Waals surface area (Å²) in [5.74, 6) is 0.169. The molecule has 0 aliphatic carbocycles. The van der Waals surface area contributed by atoms with Gasteiger partial charge in [-0.05, 0) is 25.5 Å². The van der Waals surface area contributed by atoms with Crippen LogP contribution in [0.1, 0.15) is 26.7 Å². The van der Waals surface area contributed by atoms with Gasteiger partial charge in [-0.3, -0.25) is 0 Å². The van der Waals surface area contributed by atoms with Gasteiger partial charge in [-0.25, -0.2) is 9.59 Å². The van der Waals surface area contributed by atoms with Gasteiger partial charge in [-0.15, -0.1) is 0 Å². The third kappa shape index (κ3) is 4.66. The molecule has 0 spiro atoms. The van der Waals surface area contributed by atoms with Gasteiger partial charge in [0.1, 0.15) is 11.3 Å². The van der Waals surface area contributed by atoms with Crippen LogP contribution in [0, 0.1) is 0 Å². The number of hydrogen-bond donors (Lipinski definition) is 2. The van der Waals surface area contributed by atoms with Crippen molar-refractivity contribution in [1.82, 2.24) is 5.32 Å². The summed E-state index contributed by atoms with van der Waals surface area (Å²) in [6.07, 6.45) is 1.23. The second kappa shape index (κ2) is 7.52. The SMILES string of the molecule is CCCC(C)(NC(=O)Nc1cccc(OC)c1)C(=O)OC. The number of esters is 1. The average Bonchev–Trinajstić information content (AvgIpc) is 2.46. The Bertz CT molecular complexity index is 504. The van der Waals surface area contributed by atoms with Crippen molar-refractivity contribution in [1.29, 1.82) is 0 Å². The van der Waals surface area contributed by atoms with E-state index in [4.69, 9.17) is 9.47 Å². The molecule has 1 aromatic carbocycles. The highest BCUT2D eigenvalue weighted by molar-refractivity contribution is 5.94. The van der Waals surface area contributed by atoms with Gasteiger partial charge in [-0.2, -0.15) is 0 Å². The number of hydrogen-bond acceptors (Lipinski definition) is 4. The number of ether oxygens (including phenoxy) is 2. The lowest BCUT2D eigenvalue weighted by atomic mass is 9.96. The molecule has 0 aromatic heterocycles. The predicted molar refractivity (Wildman–Crippen MR) is 80.5 cm³/mol. The number of urea groups is 1. The van der Waals surface area contributed by atoms with E-state index < -0.39 is 17.5 Å². The molecule has 0 saturated heterocycles. The molecule has 0 heterocycles. The maximum atomic E-state index is 12.1. The van der Waals surface area contributed by atoms with Crippen molar-refractivity contribution < 1.29 is 19.1 Å². The third-order valence-corrected chi connectivity index (χ3v) is 3.10. The van der Waals surface area contributed by atoms with Crippen molar-refractivity contribution in [3.8, 4) is 5.75 Å². The average molecular weight is 294 g/mol. The van der Waals surface area contributed by atoms with Crippen molar-refractivity contribution in [3.63, 3.8) is 0 Å². The lowest BCUT2D eigenvalue weighted by Gasteiger charge is -2.27. The third-order valence-electron chi connectivity index (χ3n) is 3.10. The van der Waals surface area contributed by atoms with Crippen LogP contribution in [-0.2, 0) is 9.53 Å². The summed E-state index contributed by atoms with van der Waals surface area (Å²) in [6.45, 7) is 3.58. The number of amides is 2. The summed E-state index contributed by atoms with van der Waals surface area (Å²) in [5, 5.41) is 5.34. The van der Waals surface area contributed by atoms with Gasteiger partial charge in [-0.1, -0.05) is 19.4 Å². The van der Waals surface area contributed by atoms with E-state index in [0.29, 0.717) is 17.9 Å². The Morgan fingerprint density at radius 2 is 2.00 bits per heavy atom. The molecule has 0 fully saturated rings. The van der Waals surface area contributed by atoms with E-state index in [-0.39, 0.29) is 0 Å². The van der Waals surface area contributed by atoms with Crippen LogP contribution in [0.25, 0.3) is 0 Å². The molecule has 116 valence electrons. The van der Waals surface area contributed by atoms with Crippen LogP contribution in [-0.4, -0.2) is 31.8 Å². The molecular formula is C15H22N2O4. The van der Waals surface area contributed by atoms with Gasteiger partial charge in [0.05, 0.1) is 14.2 Å². The van der Waals surface area contributed by atoms with Gasteiger partial charge >= 0.3 is 12.0 Å². The van der Waals surface area contributed by atoms with E-state index >= 15 is 0 Å². The normalized spacial score (nSPS) is 13.0. The zero-order valence-electron chi connectivity index (χ0n) is 12.9. The quantitative estimate of drug-likeness (QED) is 0.790. The number of nitrogens with one attached hydrogen (secondary N) is 2. The highest BCUT2D eigenvalue weighted by atomic mass is 16.5. The minimum atomic E-state index is -1.05. The van der Waals surface area contributed by atoms with Crippen LogP contribution >= 0.6 is 0 Å². The van der Waals surface area contributed by atoms with Gasteiger partial charge in [0, 0.05) is 11.8 Å². The monoisotopic (exact) mass is 294 g/mol. The first kappa shape index (κ1) is 16.8. The van der Waals surface area contributed by atoms with E-state index in [1.54, 1.807) is 38.3 Å². The number of rotatable bonds is 6. The highest BCUT2D eigenvalue weighted by Gasteiger charge is 2.35. The summed E-state index contributed by atoms with van der Waals surface area (Å²) in [7, 11) is 2.85. The van der Waals surface area contributed by atoms with E-state index in [2.05, 4.69) is 10.6 Å². The molecule has 1 aromatic rings. The largest absolute Gasteiger partial charge is 0.497 e. The first-order valence-electron chi connectivity index (χ1n) is 6.77. The minimum absolute atomic E-state index is 0.467. The highest BCUT2D eigenvalue weighted by Crippen LogP contribution is 2.18. The van der Waals surface area contributed by atoms with Crippen LogP contribution < -0.4 is 15.4 Å². The van der Waals surface area contributed by atoms with Crippen LogP contribution in [0.3, 0.4) is 0 Å². The first-order valence-corrected chi connectivity index (χ1v) is 6.77. The number of anilines is 1. The number of carbonyl (C=O) groups excluding carboxylic acids is 2. The fourth-order valence-corrected chi connectivity index (χ4v) is 2.05. The molecule has 0 saturated carbocycles. The Morgan fingerprint density at radius 1 is 1.29 bits per heavy atom. The fraction of sp³-hybridized carbons (Fsp3) is 0.467. The van der Waals surface area contributed by atoms with Gasteiger partial charge < -0.3 is 20.1 Å². The molecule has 1 unspecified atom stereocenters. The molecule has 0 bridgehead atoms.